The lowest BCUT2D eigenvalue weighted by Crippen LogP contribution is -2.38. The topological polar surface area (TPSA) is 12.5 Å². The largest absolute Gasteiger partial charge is 0.375 e. The zero-order chi connectivity index (χ0) is 14.5. The van der Waals surface area contributed by atoms with E-state index in [1.54, 1.807) is 0 Å². The van der Waals surface area contributed by atoms with Crippen molar-refractivity contribution in [2.75, 3.05) is 20.7 Å². The van der Waals surface area contributed by atoms with Gasteiger partial charge in [0.05, 0.1) is 6.10 Å². The van der Waals surface area contributed by atoms with Gasteiger partial charge in [0.15, 0.2) is 0 Å². The van der Waals surface area contributed by atoms with Crippen LogP contribution in [0.1, 0.15) is 44.8 Å². The molecule has 0 spiro atoms. The highest BCUT2D eigenvalue weighted by molar-refractivity contribution is 5.19. The van der Waals surface area contributed by atoms with Gasteiger partial charge in [-0.15, -0.1) is 0 Å². The Labute approximate surface area is 124 Å². The quantitative estimate of drug-likeness (QED) is 0.774. The van der Waals surface area contributed by atoms with Crippen LogP contribution in [-0.2, 0) is 4.74 Å². The minimum atomic E-state index is 0.151. The van der Waals surface area contributed by atoms with E-state index in [9.17, 15) is 0 Å². The number of rotatable bonds is 6. The second kappa shape index (κ2) is 7.24. The van der Waals surface area contributed by atoms with Gasteiger partial charge in [0.25, 0.3) is 0 Å². The Morgan fingerprint density at radius 2 is 1.95 bits per heavy atom. The molecule has 2 heteroatoms. The van der Waals surface area contributed by atoms with Gasteiger partial charge in [0, 0.05) is 19.7 Å². The number of likely N-dealkylation sites (N-methyl/N-ethyl adjacent to an activating group) is 1. The zero-order valence-corrected chi connectivity index (χ0v) is 13.4. The van der Waals surface area contributed by atoms with E-state index in [4.69, 9.17) is 4.74 Å². The fourth-order valence-electron chi connectivity index (χ4n) is 3.52. The average Bonchev–Trinajstić information content (AvgIpc) is 2.86. The smallest absolute Gasteiger partial charge is 0.0973 e. The van der Waals surface area contributed by atoms with Crippen molar-refractivity contribution in [2.45, 2.75) is 45.3 Å². The zero-order valence-electron chi connectivity index (χ0n) is 13.4. The first-order valence-corrected chi connectivity index (χ1v) is 7.91. The third-order valence-electron chi connectivity index (χ3n) is 5.08. The van der Waals surface area contributed by atoms with Crippen molar-refractivity contribution in [3.63, 3.8) is 0 Å². The predicted octanol–water partition coefficient (Wildman–Crippen LogP) is 4.13. The molecule has 2 unspecified atom stereocenters. The van der Waals surface area contributed by atoms with Crippen molar-refractivity contribution in [1.82, 2.24) is 4.90 Å². The Balaban J connectivity index is 1.99. The summed E-state index contributed by atoms with van der Waals surface area (Å²) in [5.41, 5.74) is 1.27. The molecule has 2 nitrogen and oxygen atoms in total. The highest BCUT2D eigenvalue weighted by Gasteiger charge is 2.28. The number of methoxy groups -OCH3 is 1. The van der Waals surface area contributed by atoms with E-state index < -0.39 is 0 Å². The van der Waals surface area contributed by atoms with Gasteiger partial charge < -0.3 is 9.64 Å². The van der Waals surface area contributed by atoms with E-state index in [2.05, 4.69) is 56.1 Å². The van der Waals surface area contributed by atoms with Crippen LogP contribution >= 0.6 is 0 Å². The molecule has 1 aromatic rings. The second-order valence-electron chi connectivity index (χ2n) is 6.42. The lowest BCUT2D eigenvalue weighted by atomic mass is 9.96. The number of benzene rings is 1. The predicted molar refractivity (Wildman–Crippen MR) is 84.8 cm³/mol. The summed E-state index contributed by atoms with van der Waals surface area (Å²) in [5, 5.41) is 0. The van der Waals surface area contributed by atoms with Crippen molar-refractivity contribution in [3.8, 4) is 0 Å². The molecule has 0 bridgehead atoms. The highest BCUT2D eigenvalue weighted by atomic mass is 16.5. The Morgan fingerprint density at radius 1 is 1.25 bits per heavy atom. The molecule has 0 heterocycles. The van der Waals surface area contributed by atoms with E-state index in [1.165, 1.54) is 31.4 Å². The van der Waals surface area contributed by atoms with Gasteiger partial charge in [-0.05, 0) is 37.8 Å². The lowest BCUT2D eigenvalue weighted by molar-refractivity contribution is 0.0231. The van der Waals surface area contributed by atoms with Crippen LogP contribution in [0, 0.1) is 11.8 Å². The van der Waals surface area contributed by atoms with Gasteiger partial charge in [-0.25, -0.2) is 0 Å². The molecular weight excluding hydrogens is 246 g/mol. The van der Waals surface area contributed by atoms with E-state index >= 15 is 0 Å². The van der Waals surface area contributed by atoms with E-state index in [-0.39, 0.29) is 6.10 Å². The molecule has 1 aliphatic carbocycles. The third-order valence-corrected chi connectivity index (χ3v) is 5.08. The second-order valence-corrected chi connectivity index (χ2v) is 6.42. The Bertz CT molecular complexity index is 392. The fraction of sp³-hybridized carbons (Fsp3) is 0.667. The van der Waals surface area contributed by atoms with Crippen LogP contribution in [0.2, 0.25) is 0 Å². The van der Waals surface area contributed by atoms with Crippen LogP contribution in [0.4, 0.5) is 0 Å². The maximum atomic E-state index is 5.77. The molecule has 1 saturated carbocycles. The molecule has 1 fully saturated rings. The summed E-state index contributed by atoms with van der Waals surface area (Å²) in [5.74, 6) is 1.73. The van der Waals surface area contributed by atoms with E-state index in [0.29, 0.717) is 6.04 Å². The molecule has 0 radical (unpaired) electrons. The average molecular weight is 275 g/mol. The van der Waals surface area contributed by atoms with Gasteiger partial charge in [0.2, 0.25) is 0 Å². The summed E-state index contributed by atoms with van der Waals surface area (Å²) >= 11 is 0. The van der Waals surface area contributed by atoms with E-state index in [1.807, 2.05) is 7.11 Å². The number of hydrogen-bond donors (Lipinski definition) is 0. The molecule has 4 atom stereocenters. The van der Waals surface area contributed by atoms with Gasteiger partial charge in [-0.3, -0.25) is 0 Å². The maximum absolute atomic E-state index is 5.77. The van der Waals surface area contributed by atoms with Gasteiger partial charge in [-0.1, -0.05) is 50.1 Å². The molecule has 0 aliphatic heterocycles. The van der Waals surface area contributed by atoms with Crippen LogP contribution in [0.5, 0.6) is 0 Å². The Morgan fingerprint density at radius 3 is 2.50 bits per heavy atom. The van der Waals surface area contributed by atoms with Crippen molar-refractivity contribution < 1.29 is 4.74 Å². The summed E-state index contributed by atoms with van der Waals surface area (Å²) < 4.78 is 5.77. The molecule has 1 aromatic carbocycles. The monoisotopic (exact) mass is 275 g/mol. The van der Waals surface area contributed by atoms with Crippen molar-refractivity contribution >= 4 is 0 Å². The molecule has 112 valence electrons. The molecular formula is C18H29NO. The summed E-state index contributed by atoms with van der Waals surface area (Å²) in [6, 6.07) is 11.0. The number of ether oxygens (including phenoxy) is 1. The molecule has 2 rings (SSSR count). The SMILES string of the molecule is CO[C@H](c1ccccc1)[C@H](C)N(C)CC1CCCC1C. The lowest BCUT2D eigenvalue weighted by Gasteiger charge is -2.34. The van der Waals surface area contributed by atoms with Crippen LogP contribution in [-0.4, -0.2) is 31.6 Å². The number of hydrogen-bond acceptors (Lipinski definition) is 2. The summed E-state index contributed by atoms with van der Waals surface area (Å²) in [4.78, 5) is 2.48. The Kier molecular flexibility index (Phi) is 5.62. The summed E-state index contributed by atoms with van der Waals surface area (Å²) in [6.07, 6.45) is 4.35. The molecule has 0 saturated heterocycles. The first kappa shape index (κ1) is 15.5. The van der Waals surface area contributed by atoms with Gasteiger partial charge in [-0.2, -0.15) is 0 Å². The molecule has 0 aromatic heterocycles. The van der Waals surface area contributed by atoms with Crippen LogP contribution in [0.25, 0.3) is 0 Å². The van der Waals surface area contributed by atoms with Crippen LogP contribution in [0.15, 0.2) is 30.3 Å². The minimum Gasteiger partial charge on any atom is -0.375 e. The Hall–Kier alpha value is -0.860. The third kappa shape index (κ3) is 3.62. The van der Waals surface area contributed by atoms with Crippen LogP contribution < -0.4 is 0 Å². The van der Waals surface area contributed by atoms with Gasteiger partial charge >= 0.3 is 0 Å². The minimum absolute atomic E-state index is 0.151. The maximum Gasteiger partial charge on any atom is 0.0973 e. The molecule has 0 amide bonds. The summed E-state index contributed by atoms with van der Waals surface area (Å²) in [6.45, 7) is 5.87. The first-order chi connectivity index (χ1) is 9.63. The van der Waals surface area contributed by atoms with E-state index in [0.717, 1.165) is 11.8 Å². The molecule has 1 aliphatic rings. The van der Waals surface area contributed by atoms with Crippen LogP contribution in [0.3, 0.4) is 0 Å². The molecule has 20 heavy (non-hydrogen) atoms. The summed E-state index contributed by atoms with van der Waals surface area (Å²) in [7, 11) is 4.06. The molecule has 0 N–H and O–H groups in total. The van der Waals surface area contributed by atoms with Crippen molar-refractivity contribution in [3.05, 3.63) is 35.9 Å². The van der Waals surface area contributed by atoms with Crippen molar-refractivity contribution in [1.29, 1.82) is 0 Å². The highest BCUT2D eigenvalue weighted by Crippen LogP contribution is 2.33. The van der Waals surface area contributed by atoms with Gasteiger partial charge in [0.1, 0.15) is 0 Å². The van der Waals surface area contributed by atoms with Crippen molar-refractivity contribution in [2.24, 2.45) is 11.8 Å². The standard InChI is InChI=1S/C18H29NO/c1-14-9-8-12-17(14)13-19(3)15(2)18(20-4)16-10-6-5-7-11-16/h5-7,10-11,14-15,17-18H,8-9,12-13H2,1-4H3/t14?,15-,17?,18-/m0/s1. The fourth-order valence-corrected chi connectivity index (χ4v) is 3.52. The first-order valence-electron chi connectivity index (χ1n) is 7.91. The normalized spacial score (nSPS) is 25.9. The number of nitrogens with zero attached hydrogens (tertiary/aromatic N) is 1.